The maximum Gasteiger partial charge on any atom is 0.307 e. The Kier molecular flexibility index (Phi) is 4.98. The van der Waals surface area contributed by atoms with Gasteiger partial charge in [-0.2, -0.15) is 0 Å². The van der Waals surface area contributed by atoms with Crippen LogP contribution in [0.25, 0.3) is 0 Å². The fourth-order valence-electron chi connectivity index (χ4n) is 2.57. The third kappa shape index (κ3) is 4.27. The summed E-state index contributed by atoms with van der Waals surface area (Å²) in [6.07, 6.45) is 3.72. The molecule has 0 bridgehead atoms. The second-order valence-corrected chi connectivity index (χ2v) is 6.65. The molecule has 1 aromatic heterocycles. The average molecular weight is 295 g/mol. The van der Waals surface area contributed by atoms with Gasteiger partial charge in [0.2, 0.25) is 11.8 Å². The second kappa shape index (κ2) is 6.56. The zero-order valence-electron chi connectivity index (χ0n) is 13.4. The molecule has 1 aromatic rings. The van der Waals surface area contributed by atoms with E-state index in [9.17, 15) is 4.79 Å². The highest BCUT2D eigenvalue weighted by Gasteiger charge is 2.28. The molecule has 1 saturated heterocycles. The van der Waals surface area contributed by atoms with E-state index in [-0.39, 0.29) is 17.4 Å². The van der Waals surface area contributed by atoms with Gasteiger partial charge in [0, 0.05) is 11.5 Å². The minimum Gasteiger partial charge on any atom is -0.469 e. The molecule has 0 amide bonds. The molecule has 2 heterocycles. The van der Waals surface area contributed by atoms with Gasteiger partial charge in [-0.05, 0) is 19.4 Å². The van der Waals surface area contributed by atoms with E-state index in [2.05, 4.69) is 15.1 Å². The summed E-state index contributed by atoms with van der Waals surface area (Å²) >= 11 is 0. The molecule has 0 aliphatic carbocycles. The van der Waals surface area contributed by atoms with Crippen LogP contribution in [0.2, 0.25) is 0 Å². The van der Waals surface area contributed by atoms with E-state index in [1.165, 1.54) is 7.11 Å². The molecule has 0 saturated carbocycles. The lowest BCUT2D eigenvalue weighted by atomic mass is 9.97. The van der Waals surface area contributed by atoms with Crippen LogP contribution in [0.15, 0.2) is 4.42 Å². The Morgan fingerprint density at radius 3 is 2.76 bits per heavy atom. The van der Waals surface area contributed by atoms with Gasteiger partial charge in [-0.3, -0.25) is 9.69 Å². The largest absolute Gasteiger partial charge is 0.469 e. The highest BCUT2D eigenvalue weighted by atomic mass is 16.5. The van der Waals surface area contributed by atoms with Gasteiger partial charge in [0.1, 0.15) is 0 Å². The van der Waals surface area contributed by atoms with Crippen molar-refractivity contribution in [3.05, 3.63) is 11.8 Å². The second-order valence-electron chi connectivity index (χ2n) is 6.65. The number of hydrogen-bond acceptors (Lipinski definition) is 6. The number of piperidine rings is 1. The van der Waals surface area contributed by atoms with Crippen LogP contribution in [-0.2, 0) is 21.5 Å². The quantitative estimate of drug-likeness (QED) is 0.794. The Bertz CT molecular complexity index is 479. The molecule has 1 aliphatic heterocycles. The molecule has 0 N–H and O–H groups in total. The SMILES string of the molecule is COC(=O)CC1CCCCN1Cc1nnc(C(C)(C)C)o1. The summed E-state index contributed by atoms with van der Waals surface area (Å²) in [4.78, 5) is 13.8. The van der Waals surface area contributed by atoms with Gasteiger partial charge >= 0.3 is 5.97 Å². The van der Waals surface area contributed by atoms with Crippen molar-refractivity contribution in [2.24, 2.45) is 0 Å². The monoisotopic (exact) mass is 295 g/mol. The number of ether oxygens (including phenoxy) is 1. The van der Waals surface area contributed by atoms with Crippen LogP contribution < -0.4 is 0 Å². The molecule has 0 radical (unpaired) electrons. The van der Waals surface area contributed by atoms with Crippen LogP contribution in [-0.4, -0.2) is 40.8 Å². The minimum atomic E-state index is -0.159. The van der Waals surface area contributed by atoms with Gasteiger partial charge in [0.15, 0.2) is 0 Å². The van der Waals surface area contributed by atoms with E-state index in [1.807, 2.05) is 20.8 Å². The first-order valence-corrected chi connectivity index (χ1v) is 7.54. The molecular weight excluding hydrogens is 270 g/mol. The number of carbonyl (C=O) groups is 1. The van der Waals surface area contributed by atoms with E-state index in [0.717, 1.165) is 25.8 Å². The summed E-state index contributed by atoms with van der Waals surface area (Å²) in [7, 11) is 1.43. The third-order valence-corrected chi connectivity index (χ3v) is 3.83. The molecule has 1 aliphatic rings. The topological polar surface area (TPSA) is 68.5 Å². The Labute approximate surface area is 125 Å². The number of likely N-dealkylation sites (tertiary alicyclic amines) is 1. The van der Waals surface area contributed by atoms with Crippen LogP contribution in [0.5, 0.6) is 0 Å². The predicted molar refractivity (Wildman–Crippen MR) is 77.7 cm³/mol. The van der Waals surface area contributed by atoms with E-state index < -0.39 is 0 Å². The zero-order valence-corrected chi connectivity index (χ0v) is 13.4. The lowest BCUT2D eigenvalue weighted by Crippen LogP contribution is -2.40. The molecular formula is C15H25N3O3. The van der Waals surface area contributed by atoms with Gasteiger partial charge in [0.25, 0.3) is 0 Å². The van der Waals surface area contributed by atoms with Crippen molar-refractivity contribution in [1.82, 2.24) is 15.1 Å². The number of esters is 1. The molecule has 2 rings (SSSR count). The first-order chi connectivity index (χ1) is 9.90. The van der Waals surface area contributed by atoms with Crippen molar-refractivity contribution in [1.29, 1.82) is 0 Å². The first-order valence-electron chi connectivity index (χ1n) is 7.54. The highest BCUT2D eigenvalue weighted by molar-refractivity contribution is 5.69. The van der Waals surface area contributed by atoms with Crippen molar-refractivity contribution in [2.45, 2.75) is 64.5 Å². The van der Waals surface area contributed by atoms with Gasteiger partial charge in [-0.1, -0.05) is 27.2 Å². The lowest BCUT2D eigenvalue weighted by Gasteiger charge is -2.34. The molecule has 6 nitrogen and oxygen atoms in total. The van der Waals surface area contributed by atoms with Gasteiger partial charge in [0.05, 0.1) is 20.1 Å². The molecule has 1 unspecified atom stereocenters. The zero-order chi connectivity index (χ0) is 15.5. The summed E-state index contributed by atoms with van der Waals surface area (Å²) in [5.41, 5.74) is -0.140. The molecule has 0 spiro atoms. The number of hydrogen-bond donors (Lipinski definition) is 0. The Morgan fingerprint density at radius 1 is 1.38 bits per heavy atom. The molecule has 0 aromatic carbocycles. The Balaban J connectivity index is 2.02. The summed E-state index contributed by atoms with van der Waals surface area (Å²) in [5.74, 6) is 1.11. The number of carbonyl (C=O) groups excluding carboxylic acids is 1. The Morgan fingerprint density at radius 2 is 2.14 bits per heavy atom. The van der Waals surface area contributed by atoms with E-state index in [4.69, 9.17) is 9.15 Å². The molecule has 118 valence electrons. The van der Waals surface area contributed by atoms with Crippen LogP contribution in [0, 0.1) is 0 Å². The number of nitrogens with zero attached hydrogens (tertiary/aromatic N) is 3. The molecule has 21 heavy (non-hydrogen) atoms. The predicted octanol–water partition coefficient (Wildman–Crippen LogP) is 2.28. The fourth-order valence-corrected chi connectivity index (χ4v) is 2.57. The maximum absolute atomic E-state index is 11.5. The highest BCUT2D eigenvalue weighted by Crippen LogP contribution is 2.24. The smallest absolute Gasteiger partial charge is 0.307 e. The summed E-state index contributed by atoms with van der Waals surface area (Å²) in [5, 5.41) is 8.26. The van der Waals surface area contributed by atoms with Crippen molar-refractivity contribution < 1.29 is 13.9 Å². The number of methoxy groups -OCH3 is 1. The van der Waals surface area contributed by atoms with Gasteiger partial charge in [-0.25, -0.2) is 0 Å². The Hall–Kier alpha value is -1.43. The third-order valence-electron chi connectivity index (χ3n) is 3.83. The lowest BCUT2D eigenvalue weighted by molar-refractivity contribution is -0.142. The minimum absolute atomic E-state index is 0.140. The van der Waals surface area contributed by atoms with Crippen molar-refractivity contribution >= 4 is 5.97 Å². The van der Waals surface area contributed by atoms with Crippen LogP contribution in [0.3, 0.4) is 0 Å². The summed E-state index contributed by atoms with van der Waals surface area (Å²) < 4.78 is 10.5. The number of rotatable bonds is 4. The summed E-state index contributed by atoms with van der Waals surface area (Å²) in [6.45, 7) is 7.70. The average Bonchev–Trinajstić information content (AvgIpc) is 2.89. The van der Waals surface area contributed by atoms with Crippen LogP contribution in [0.1, 0.15) is 58.2 Å². The van der Waals surface area contributed by atoms with Gasteiger partial charge in [-0.15, -0.1) is 10.2 Å². The van der Waals surface area contributed by atoms with E-state index in [0.29, 0.717) is 24.7 Å². The van der Waals surface area contributed by atoms with Crippen LogP contribution >= 0.6 is 0 Å². The maximum atomic E-state index is 11.5. The van der Waals surface area contributed by atoms with Crippen molar-refractivity contribution in [2.75, 3.05) is 13.7 Å². The molecule has 6 heteroatoms. The van der Waals surface area contributed by atoms with Crippen LogP contribution in [0.4, 0.5) is 0 Å². The summed E-state index contributed by atoms with van der Waals surface area (Å²) in [6, 6.07) is 0.205. The van der Waals surface area contributed by atoms with Crippen molar-refractivity contribution in [3.63, 3.8) is 0 Å². The van der Waals surface area contributed by atoms with Crippen molar-refractivity contribution in [3.8, 4) is 0 Å². The first kappa shape index (κ1) is 15.9. The normalized spacial score (nSPS) is 20.5. The fraction of sp³-hybridized carbons (Fsp3) is 0.800. The van der Waals surface area contributed by atoms with Gasteiger partial charge < -0.3 is 9.15 Å². The van der Waals surface area contributed by atoms with E-state index >= 15 is 0 Å². The molecule has 1 fully saturated rings. The molecule has 1 atom stereocenters. The number of aromatic nitrogens is 2. The van der Waals surface area contributed by atoms with E-state index in [1.54, 1.807) is 0 Å². The standard InChI is InChI=1S/C15H25N3O3/c1-15(2,3)14-17-16-12(21-14)10-18-8-6-5-7-11(18)9-13(19)20-4/h11H,5-10H2,1-4H3.